The summed E-state index contributed by atoms with van der Waals surface area (Å²) < 4.78 is 24.2. The topological polar surface area (TPSA) is 59.1 Å². The fraction of sp³-hybridized carbons (Fsp3) is 0.583. The summed E-state index contributed by atoms with van der Waals surface area (Å²) in [5.41, 5.74) is 1.92. The van der Waals surface area contributed by atoms with Crippen molar-refractivity contribution in [3.63, 3.8) is 0 Å². The SMILES string of the molecule is Cc1cc(NC2CCCC2S(C)(=O)=O)cnc1Br. The maximum atomic E-state index is 11.7. The third-order valence-electron chi connectivity index (χ3n) is 3.37. The number of halogens is 1. The molecule has 18 heavy (non-hydrogen) atoms. The van der Waals surface area contributed by atoms with Crippen LogP contribution in [0.2, 0.25) is 0 Å². The molecule has 0 amide bonds. The van der Waals surface area contributed by atoms with Crippen LogP contribution in [0.15, 0.2) is 16.9 Å². The highest BCUT2D eigenvalue weighted by molar-refractivity contribution is 9.10. The van der Waals surface area contributed by atoms with Crippen molar-refractivity contribution in [3.8, 4) is 0 Å². The first-order valence-electron chi connectivity index (χ1n) is 5.95. The maximum absolute atomic E-state index is 11.7. The summed E-state index contributed by atoms with van der Waals surface area (Å²) in [4.78, 5) is 4.21. The molecule has 1 saturated carbocycles. The number of anilines is 1. The smallest absolute Gasteiger partial charge is 0.152 e. The summed E-state index contributed by atoms with van der Waals surface area (Å²) in [6.45, 7) is 1.96. The standard InChI is InChI=1S/C12H17BrN2O2S/c1-8-6-9(7-14-12(8)13)15-10-4-3-5-11(10)18(2,16)17/h6-7,10-11,15H,3-5H2,1-2H3. The van der Waals surface area contributed by atoms with Crippen LogP contribution in [-0.4, -0.2) is 30.9 Å². The molecule has 2 atom stereocenters. The summed E-state index contributed by atoms with van der Waals surface area (Å²) in [5.74, 6) is 0. The number of aromatic nitrogens is 1. The van der Waals surface area contributed by atoms with Crippen LogP contribution in [-0.2, 0) is 9.84 Å². The Balaban J connectivity index is 2.16. The molecule has 1 aromatic heterocycles. The zero-order valence-electron chi connectivity index (χ0n) is 10.5. The highest BCUT2D eigenvalue weighted by Crippen LogP contribution is 2.28. The Morgan fingerprint density at radius 3 is 2.78 bits per heavy atom. The lowest BCUT2D eigenvalue weighted by atomic mass is 10.2. The third-order valence-corrected chi connectivity index (χ3v) is 5.86. The average molecular weight is 333 g/mol. The molecular weight excluding hydrogens is 316 g/mol. The Kier molecular flexibility index (Phi) is 3.96. The number of nitrogens with zero attached hydrogens (tertiary/aromatic N) is 1. The third kappa shape index (κ3) is 3.03. The number of sulfone groups is 1. The fourth-order valence-electron chi connectivity index (χ4n) is 2.45. The van der Waals surface area contributed by atoms with Gasteiger partial charge in [-0.25, -0.2) is 13.4 Å². The van der Waals surface area contributed by atoms with Gasteiger partial charge in [0.2, 0.25) is 0 Å². The lowest BCUT2D eigenvalue weighted by molar-refractivity contribution is 0.579. The minimum atomic E-state index is -2.98. The molecule has 1 aliphatic rings. The van der Waals surface area contributed by atoms with E-state index in [4.69, 9.17) is 0 Å². The van der Waals surface area contributed by atoms with Gasteiger partial charge in [0.15, 0.2) is 9.84 Å². The van der Waals surface area contributed by atoms with E-state index in [1.807, 2.05) is 13.0 Å². The van der Waals surface area contributed by atoms with Gasteiger partial charge in [0.25, 0.3) is 0 Å². The minimum Gasteiger partial charge on any atom is -0.380 e. The first-order valence-corrected chi connectivity index (χ1v) is 8.70. The van der Waals surface area contributed by atoms with Crippen molar-refractivity contribution in [2.75, 3.05) is 11.6 Å². The first-order chi connectivity index (χ1) is 8.38. The van der Waals surface area contributed by atoms with E-state index in [9.17, 15) is 8.42 Å². The Morgan fingerprint density at radius 1 is 1.44 bits per heavy atom. The van der Waals surface area contributed by atoms with E-state index in [0.717, 1.165) is 35.1 Å². The zero-order valence-corrected chi connectivity index (χ0v) is 12.9. The van der Waals surface area contributed by atoms with Gasteiger partial charge in [-0.2, -0.15) is 0 Å². The largest absolute Gasteiger partial charge is 0.380 e. The van der Waals surface area contributed by atoms with E-state index in [0.29, 0.717) is 0 Å². The predicted octanol–water partition coefficient (Wildman–Crippen LogP) is 2.53. The minimum absolute atomic E-state index is 0.00220. The number of rotatable bonds is 3. The molecule has 0 aliphatic heterocycles. The molecular formula is C12H17BrN2O2S. The average Bonchev–Trinajstić information content (AvgIpc) is 2.71. The van der Waals surface area contributed by atoms with Crippen LogP contribution < -0.4 is 5.32 Å². The fourth-order valence-corrected chi connectivity index (χ4v) is 4.07. The maximum Gasteiger partial charge on any atom is 0.152 e. The van der Waals surface area contributed by atoms with Gasteiger partial charge >= 0.3 is 0 Å². The van der Waals surface area contributed by atoms with Gasteiger partial charge in [-0.3, -0.25) is 0 Å². The Bertz CT molecular complexity index is 545. The van der Waals surface area contributed by atoms with Crippen molar-refractivity contribution >= 4 is 31.5 Å². The number of hydrogen-bond acceptors (Lipinski definition) is 4. The molecule has 0 aromatic carbocycles. The Labute approximate surface area is 116 Å². The molecule has 1 heterocycles. The molecule has 2 unspecified atom stereocenters. The van der Waals surface area contributed by atoms with E-state index < -0.39 is 9.84 Å². The van der Waals surface area contributed by atoms with Crippen LogP contribution in [0.1, 0.15) is 24.8 Å². The molecule has 100 valence electrons. The molecule has 0 saturated heterocycles. The van der Waals surface area contributed by atoms with Crippen molar-refractivity contribution in [2.24, 2.45) is 0 Å². The van der Waals surface area contributed by atoms with Gasteiger partial charge in [-0.1, -0.05) is 0 Å². The van der Waals surface area contributed by atoms with Gasteiger partial charge in [0, 0.05) is 12.3 Å². The predicted molar refractivity (Wildman–Crippen MR) is 76.6 cm³/mol. The lowest BCUT2D eigenvalue weighted by Crippen LogP contribution is -2.34. The van der Waals surface area contributed by atoms with Crippen molar-refractivity contribution < 1.29 is 8.42 Å². The molecule has 1 aliphatic carbocycles. The van der Waals surface area contributed by atoms with Gasteiger partial charge in [-0.15, -0.1) is 0 Å². The number of pyridine rings is 1. The molecule has 4 nitrogen and oxygen atoms in total. The van der Waals surface area contributed by atoms with E-state index in [1.165, 1.54) is 6.26 Å². The van der Waals surface area contributed by atoms with Gasteiger partial charge in [0.1, 0.15) is 4.60 Å². The highest BCUT2D eigenvalue weighted by Gasteiger charge is 2.34. The molecule has 0 bridgehead atoms. The van der Waals surface area contributed by atoms with Crippen molar-refractivity contribution in [1.82, 2.24) is 4.98 Å². The highest BCUT2D eigenvalue weighted by atomic mass is 79.9. The van der Waals surface area contributed by atoms with Crippen LogP contribution in [0, 0.1) is 6.92 Å². The van der Waals surface area contributed by atoms with Crippen molar-refractivity contribution in [1.29, 1.82) is 0 Å². The van der Waals surface area contributed by atoms with Crippen LogP contribution >= 0.6 is 15.9 Å². The number of nitrogens with one attached hydrogen (secondary N) is 1. The van der Waals surface area contributed by atoms with E-state index >= 15 is 0 Å². The van der Waals surface area contributed by atoms with Crippen LogP contribution in [0.3, 0.4) is 0 Å². The summed E-state index contributed by atoms with van der Waals surface area (Å²) in [7, 11) is -2.98. The molecule has 1 aromatic rings. The summed E-state index contributed by atoms with van der Waals surface area (Å²) in [6, 6.07) is 1.98. The van der Waals surface area contributed by atoms with Crippen LogP contribution in [0.5, 0.6) is 0 Å². The lowest BCUT2D eigenvalue weighted by Gasteiger charge is -2.20. The van der Waals surface area contributed by atoms with Gasteiger partial charge in [0.05, 0.1) is 17.1 Å². The molecule has 0 radical (unpaired) electrons. The van der Waals surface area contributed by atoms with E-state index in [1.54, 1.807) is 6.20 Å². The second-order valence-electron chi connectivity index (χ2n) is 4.88. The zero-order chi connectivity index (χ0) is 13.3. The molecule has 6 heteroatoms. The normalized spacial score (nSPS) is 24.2. The van der Waals surface area contributed by atoms with Crippen molar-refractivity contribution in [2.45, 2.75) is 37.5 Å². The van der Waals surface area contributed by atoms with Crippen LogP contribution in [0.25, 0.3) is 0 Å². The number of aryl methyl sites for hydroxylation is 1. The number of hydrogen-bond donors (Lipinski definition) is 1. The van der Waals surface area contributed by atoms with Gasteiger partial charge in [-0.05, 0) is 53.7 Å². The van der Waals surface area contributed by atoms with E-state index in [2.05, 4.69) is 26.2 Å². The first kappa shape index (κ1) is 13.8. The second kappa shape index (κ2) is 5.17. The summed E-state index contributed by atoms with van der Waals surface area (Å²) >= 11 is 3.35. The van der Waals surface area contributed by atoms with Crippen LogP contribution in [0.4, 0.5) is 5.69 Å². The van der Waals surface area contributed by atoms with Crippen molar-refractivity contribution in [3.05, 3.63) is 22.4 Å². The Morgan fingerprint density at radius 2 is 2.17 bits per heavy atom. The van der Waals surface area contributed by atoms with E-state index in [-0.39, 0.29) is 11.3 Å². The molecule has 1 fully saturated rings. The van der Waals surface area contributed by atoms with Gasteiger partial charge < -0.3 is 5.32 Å². The molecule has 2 rings (SSSR count). The molecule has 1 N–H and O–H groups in total. The monoisotopic (exact) mass is 332 g/mol. The quantitative estimate of drug-likeness (QED) is 0.864. The summed E-state index contributed by atoms with van der Waals surface area (Å²) in [6.07, 6.45) is 5.65. The Hall–Kier alpha value is -0.620. The summed E-state index contributed by atoms with van der Waals surface area (Å²) in [5, 5.41) is 3.03. The second-order valence-corrected chi connectivity index (χ2v) is 7.90. The molecule has 0 spiro atoms.